The van der Waals surface area contributed by atoms with Crippen LogP contribution in [0.4, 0.5) is 0 Å². The number of H-pyrrole nitrogens is 1. The van der Waals surface area contributed by atoms with Crippen LogP contribution in [0.3, 0.4) is 0 Å². The Kier molecular flexibility index (Phi) is 4.88. The van der Waals surface area contributed by atoms with Crippen molar-refractivity contribution >= 4 is 11.8 Å². The maximum absolute atomic E-state index is 12.6. The zero-order valence-corrected chi connectivity index (χ0v) is 15.0. The van der Waals surface area contributed by atoms with Crippen molar-refractivity contribution in [3.63, 3.8) is 0 Å². The van der Waals surface area contributed by atoms with Crippen LogP contribution in [0.15, 0.2) is 21.7 Å². The molecule has 0 radical (unpaired) electrons. The van der Waals surface area contributed by atoms with Crippen LogP contribution < -0.4 is 5.56 Å². The van der Waals surface area contributed by atoms with Gasteiger partial charge in [0.15, 0.2) is 0 Å². The second-order valence-corrected chi connectivity index (χ2v) is 6.46. The van der Waals surface area contributed by atoms with Crippen LogP contribution in [-0.2, 0) is 11.2 Å². The largest absolute Gasteiger partial charge is 0.361 e. The smallest absolute Gasteiger partial charge is 0.273 e. The van der Waals surface area contributed by atoms with Gasteiger partial charge in [0.05, 0.1) is 18.4 Å². The molecule has 0 saturated carbocycles. The van der Waals surface area contributed by atoms with Gasteiger partial charge in [-0.1, -0.05) is 5.16 Å². The molecule has 3 rings (SSSR count). The molecule has 9 nitrogen and oxygen atoms in total. The van der Waals surface area contributed by atoms with Crippen LogP contribution in [0.2, 0.25) is 0 Å². The zero-order valence-electron chi connectivity index (χ0n) is 15.0. The molecule has 1 aliphatic rings. The summed E-state index contributed by atoms with van der Waals surface area (Å²) in [7, 11) is 0. The second-order valence-electron chi connectivity index (χ2n) is 6.46. The number of carbonyl (C=O) groups is 2. The lowest BCUT2D eigenvalue weighted by molar-refractivity contribution is -0.132. The van der Waals surface area contributed by atoms with E-state index in [1.165, 1.54) is 12.4 Å². The fourth-order valence-corrected chi connectivity index (χ4v) is 3.14. The van der Waals surface area contributed by atoms with Crippen molar-refractivity contribution in [2.45, 2.75) is 33.2 Å². The van der Waals surface area contributed by atoms with Crippen LogP contribution >= 0.6 is 0 Å². The fourth-order valence-electron chi connectivity index (χ4n) is 3.14. The molecule has 1 saturated heterocycles. The van der Waals surface area contributed by atoms with Crippen LogP contribution in [-0.4, -0.2) is 62.4 Å². The molecule has 1 aliphatic heterocycles. The van der Waals surface area contributed by atoms with E-state index in [1.54, 1.807) is 16.7 Å². The van der Waals surface area contributed by atoms with Gasteiger partial charge in [-0.15, -0.1) is 0 Å². The molecule has 26 heavy (non-hydrogen) atoms. The molecular formula is C17H21N5O4. The highest BCUT2D eigenvalue weighted by atomic mass is 16.5. The standard InChI is InChI=1S/C17H21N5O4/c1-10-8-21(16(24)6-13-11(2)20-26-12(13)3)4-5-22(10)17(25)14-7-15(23)19-9-18-14/h7,9-10H,4-6,8H2,1-3H3,(H,18,19,23)/t10-/m0/s1. The molecule has 0 bridgehead atoms. The van der Waals surface area contributed by atoms with Crippen molar-refractivity contribution < 1.29 is 14.1 Å². The third-order valence-electron chi connectivity index (χ3n) is 4.65. The highest BCUT2D eigenvalue weighted by molar-refractivity contribution is 5.92. The number of rotatable bonds is 3. The number of aromatic amines is 1. The van der Waals surface area contributed by atoms with Crippen LogP contribution in [0.25, 0.3) is 0 Å². The Bertz CT molecular complexity index is 868. The minimum atomic E-state index is -0.371. The number of aryl methyl sites for hydroxylation is 2. The Labute approximate surface area is 150 Å². The minimum Gasteiger partial charge on any atom is -0.361 e. The first-order valence-electron chi connectivity index (χ1n) is 8.42. The lowest BCUT2D eigenvalue weighted by Gasteiger charge is -2.39. The number of aromatic nitrogens is 3. The van der Waals surface area contributed by atoms with Gasteiger partial charge in [-0.3, -0.25) is 14.4 Å². The van der Waals surface area contributed by atoms with E-state index < -0.39 is 0 Å². The molecule has 2 amide bonds. The summed E-state index contributed by atoms with van der Waals surface area (Å²) in [4.78, 5) is 46.2. The summed E-state index contributed by atoms with van der Waals surface area (Å²) in [6, 6.07) is 1.01. The molecule has 1 N–H and O–H groups in total. The first-order chi connectivity index (χ1) is 12.4. The molecule has 0 spiro atoms. The number of amides is 2. The summed E-state index contributed by atoms with van der Waals surface area (Å²) in [5.41, 5.74) is 1.27. The van der Waals surface area contributed by atoms with Gasteiger partial charge in [0, 0.05) is 37.3 Å². The minimum absolute atomic E-state index is 0.0207. The number of hydrogen-bond donors (Lipinski definition) is 1. The van der Waals surface area contributed by atoms with E-state index in [2.05, 4.69) is 15.1 Å². The van der Waals surface area contributed by atoms with Gasteiger partial charge >= 0.3 is 0 Å². The van der Waals surface area contributed by atoms with Gasteiger partial charge in [-0.25, -0.2) is 4.98 Å². The van der Waals surface area contributed by atoms with Crippen LogP contribution in [0, 0.1) is 13.8 Å². The van der Waals surface area contributed by atoms with E-state index in [-0.39, 0.29) is 35.5 Å². The third-order valence-corrected chi connectivity index (χ3v) is 4.65. The molecular weight excluding hydrogens is 338 g/mol. The number of nitrogens with zero attached hydrogens (tertiary/aromatic N) is 4. The van der Waals surface area contributed by atoms with Crippen molar-refractivity contribution in [2.24, 2.45) is 0 Å². The summed E-state index contributed by atoms with van der Waals surface area (Å²) in [6.07, 6.45) is 1.45. The summed E-state index contributed by atoms with van der Waals surface area (Å²) >= 11 is 0. The van der Waals surface area contributed by atoms with E-state index in [0.29, 0.717) is 25.4 Å². The van der Waals surface area contributed by atoms with Gasteiger partial charge in [0.1, 0.15) is 11.5 Å². The highest BCUT2D eigenvalue weighted by Crippen LogP contribution is 2.17. The van der Waals surface area contributed by atoms with Crippen LogP contribution in [0.5, 0.6) is 0 Å². The highest BCUT2D eigenvalue weighted by Gasteiger charge is 2.31. The van der Waals surface area contributed by atoms with Gasteiger partial charge in [-0.05, 0) is 20.8 Å². The lowest BCUT2D eigenvalue weighted by Crippen LogP contribution is -2.55. The van der Waals surface area contributed by atoms with Crippen molar-refractivity contribution in [1.29, 1.82) is 0 Å². The van der Waals surface area contributed by atoms with Crippen molar-refractivity contribution in [3.8, 4) is 0 Å². The number of nitrogens with one attached hydrogen (secondary N) is 1. The quantitative estimate of drug-likeness (QED) is 0.843. The fraction of sp³-hybridized carbons (Fsp3) is 0.471. The predicted octanol–water partition coefficient (Wildman–Crippen LogP) is 0.290. The first-order valence-corrected chi connectivity index (χ1v) is 8.42. The zero-order chi connectivity index (χ0) is 18.8. The third kappa shape index (κ3) is 3.51. The maximum atomic E-state index is 12.6. The van der Waals surface area contributed by atoms with Crippen molar-refractivity contribution in [3.05, 3.63) is 45.5 Å². The van der Waals surface area contributed by atoms with Crippen LogP contribution in [0.1, 0.15) is 34.4 Å². The average Bonchev–Trinajstić information content (AvgIpc) is 2.93. The molecule has 0 aliphatic carbocycles. The van der Waals surface area contributed by atoms with Gasteiger partial charge in [0.2, 0.25) is 5.91 Å². The summed E-state index contributed by atoms with van der Waals surface area (Å²) in [5, 5.41) is 3.87. The molecule has 3 heterocycles. The summed E-state index contributed by atoms with van der Waals surface area (Å²) in [5.74, 6) is 0.326. The van der Waals surface area contributed by atoms with E-state index in [1.807, 2.05) is 13.8 Å². The number of carbonyl (C=O) groups excluding carboxylic acids is 2. The molecule has 1 atom stereocenters. The normalized spacial score (nSPS) is 17.4. The van der Waals surface area contributed by atoms with Gasteiger partial charge in [-0.2, -0.15) is 0 Å². The van der Waals surface area contributed by atoms with Gasteiger partial charge < -0.3 is 19.3 Å². The monoisotopic (exact) mass is 359 g/mol. The Hall–Kier alpha value is -2.97. The van der Waals surface area contributed by atoms with E-state index in [4.69, 9.17) is 4.52 Å². The molecule has 2 aromatic rings. The summed E-state index contributed by atoms with van der Waals surface area (Å²) in [6.45, 7) is 6.73. The molecule has 9 heteroatoms. The topological polar surface area (TPSA) is 112 Å². The SMILES string of the molecule is Cc1noc(C)c1CC(=O)N1CCN(C(=O)c2cc(=O)[nH]cn2)[C@@H](C)C1. The molecule has 2 aromatic heterocycles. The van der Waals surface area contributed by atoms with Crippen molar-refractivity contribution in [2.75, 3.05) is 19.6 Å². The molecule has 0 aromatic carbocycles. The Morgan fingerprint density at radius 3 is 2.73 bits per heavy atom. The maximum Gasteiger partial charge on any atom is 0.273 e. The Morgan fingerprint density at radius 2 is 2.12 bits per heavy atom. The Balaban J connectivity index is 1.65. The molecule has 138 valence electrons. The van der Waals surface area contributed by atoms with E-state index >= 15 is 0 Å². The average molecular weight is 359 g/mol. The van der Waals surface area contributed by atoms with Crippen molar-refractivity contribution in [1.82, 2.24) is 24.9 Å². The summed E-state index contributed by atoms with van der Waals surface area (Å²) < 4.78 is 5.10. The molecule has 1 fully saturated rings. The van der Waals surface area contributed by atoms with Gasteiger partial charge in [0.25, 0.3) is 11.5 Å². The lowest BCUT2D eigenvalue weighted by atomic mass is 10.1. The number of piperazine rings is 1. The second kappa shape index (κ2) is 7.11. The predicted molar refractivity (Wildman–Crippen MR) is 91.6 cm³/mol. The Morgan fingerprint density at radius 1 is 1.35 bits per heavy atom. The van der Waals surface area contributed by atoms with E-state index in [0.717, 1.165) is 11.3 Å². The number of hydrogen-bond acceptors (Lipinski definition) is 6. The van der Waals surface area contributed by atoms with E-state index in [9.17, 15) is 14.4 Å². The molecule has 0 unspecified atom stereocenters. The first kappa shape index (κ1) is 17.8.